The Kier molecular flexibility index (Phi) is 7.38. The maximum atomic E-state index is 12.5. The van der Waals surface area contributed by atoms with Gasteiger partial charge in [-0.15, -0.1) is 0 Å². The minimum absolute atomic E-state index is 0. The molecule has 1 saturated heterocycles. The summed E-state index contributed by atoms with van der Waals surface area (Å²) in [7, 11) is 0. The molecule has 0 saturated carbocycles. The van der Waals surface area contributed by atoms with Crippen LogP contribution in [0.1, 0.15) is 19.4 Å². The third-order valence-corrected chi connectivity index (χ3v) is 6.30. The summed E-state index contributed by atoms with van der Waals surface area (Å²) in [6, 6.07) is 10.8. The van der Waals surface area contributed by atoms with Crippen LogP contribution in [-0.4, -0.2) is 46.6 Å². The number of fused-ring (bicyclic) bond motifs is 2. The van der Waals surface area contributed by atoms with Crippen LogP contribution >= 0.6 is 0 Å². The zero-order chi connectivity index (χ0) is 23.2. The van der Waals surface area contributed by atoms with Gasteiger partial charge in [0.2, 0.25) is 5.91 Å². The number of ether oxygens (including phenoxy) is 1. The topological polar surface area (TPSA) is 154 Å². The molecule has 33 heavy (non-hydrogen) atoms. The van der Waals surface area contributed by atoms with Crippen molar-refractivity contribution >= 4 is 28.6 Å². The van der Waals surface area contributed by atoms with E-state index in [9.17, 15) is 19.8 Å². The molecule has 0 radical (unpaired) electrons. The van der Waals surface area contributed by atoms with Gasteiger partial charge in [0.05, 0.1) is 36.3 Å². The molecule has 1 fully saturated rings. The van der Waals surface area contributed by atoms with Crippen LogP contribution < -0.4 is 50.9 Å². The molecule has 2 aliphatic heterocycles. The van der Waals surface area contributed by atoms with E-state index in [0.717, 1.165) is 16.3 Å². The van der Waals surface area contributed by atoms with E-state index in [1.165, 1.54) is 11.8 Å². The molecular formula is C23H25N4NaO5. The van der Waals surface area contributed by atoms with Crippen molar-refractivity contribution in [2.75, 3.05) is 6.61 Å². The number of rotatable bonds is 7. The maximum absolute atomic E-state index is 12.5. The van der Waals surface area contributed by atoms with E-state index in [2.05, 4.69) is 4.99 Å². The van der Waals surface area contributed by atoms with Gasteiger partial charge in [0.1, 0.15) is 12.4 Å². The fraction of sp³-hybridized carbons (Fsp3) is 0.348. The minimum atomic E-state index is -1.42. The number of aliphatic hydroxyl groups is 1. The van der Waals surface area contributed by atoms with Crippen LogP contribution in [0, 0.1) is 11.8 Å². The molecule has 4 atom stereocenters. The molecule has 0 bridgehead atoms. The molecule has 2 aliphatic rings. The predicted octanol–water partition coefficient (Wildman–Crippen LogP) is -3.14. The van der Waals surface area contributed by atoms with Gasteiger partial charge in [-0.3, -0.25) is 4.79 Å². The van der Waals surface area contributed by atoms with Gasteiger partial charge >= 0.3 is 29.6 Å². The SMILES string of the molecule is C[C@@H](O)[C@H]1C(=O)N2C(C(=O)[O-])=C(COc3cccc4c(CN=C(N)N)cccc34)[C@H](C)[C@H]12.[Na+]. The Bertz CT molecular complexity index is 1160. The number of carboxylic acid groups (broad SMARTS) is 1. The van der Waals surface area contributed by atoms with Crippen LogP contribution in [0.25, 0.3) is 10.8 Å². The number of aliphatic hydroxyl groups excluding tert-OH is 1. The van der Waals surface area contributed by atoms with Crippen LogP contribution in [0.4, 0.5) is 0 Å². The van der Waals surface area contributed by atoms with Gasteiger partial charge in [-0.05, 0) is 29.5 Å². The first kappa shape index (κ1) is 25.0. The summed E-state index contributed by atoms with van der Waals surface area (Å²) in [4.78, 5) is 29.6. The van der Waals surface area contributed by atoms with Gasteiger partial charge in [-0.25, -0.2) is 4.99 Å². The third kappa shape index (κ3) is 4.33. The largest absolute Gasteiger partial charge is 1.00 e. The van der Waals surface area contributed by atoms with Crippen LogP contribution in [0.5, 0.6) is 5.75 Å². The molecule has 4 rings (SSSR count). The van der Waals surface area contributed by atoms with Crippen LogP contribution in [0.15, 0.2) is 52.7 Å². The number of β-lactam (4-membered cyclic amide) rings is 1. The molecule has 2 heterocycles. The monoisotopic (exact) mass is 460 g/mol. The van der Waals surface area contributed by atoms with E-state index in [-0.39, 0.29) is 53.7 Å². The number of amides is 1. The van der Waals surface area contributed by atoms with Crippen molar-refractivity contribution in [2.24, 2.45) is 28.3 Å². The zero-order valence-electron chi connectivity index (χ0n) is 18.8. The molecule has 2 aromatic rings. The van der Waals surface area contributed by atoms with Crippen LogP contribution in [0.3, 0.4) is 0 Å². The quantitative estimate of drug-likeness (QED) is 0.171. The van der Waals surface area contributed by atoms with E-state index in [1.54, 1.807) is 6.07 Å². The Labute approximate surface area is 213 Å². The Morgan fingerprint density at radius 3 is 2.55 bits per heavy atom. The molecule has 168 valence electrons. The summed E-state index contributed by atoms with van der Waals surface area (Å²) < 4.78 is 6.06. The van der Waals surface area contributed by atoms with Gasteiger partial charge in [0.15, 0.2) is 5.96 Å². The van der Waals surface area contributed by atoms with Gasteiger partial charge in [-0.2, -0.15) is 0 Å². The number of carbonyl (C=O) groups excluding carboxylic acids is 2. The first-order valence-electron chi connectivity index (χ1n) is 10.4. The van der Waals surface area contributed by atoms with Crippen molar-refractivity contribution in [3.63, 3.8) is 0 Å². The van der Waals surface area contributed by atoms with Crippen molar-refractivity contribution in [3.8, 4) is 5.75 Å². The Morgan fingerprint density at radius 1 is 1.24 bits per heavy atom. The van der Waals surface area contributed by atoms with Crippen molar-refractivity contribution in [1.82, 2.24) is 4.90 Å². The number of carboxylic acids is 1. The molecular weight excluding hydrogens is 435 g/mol. The second-order valence-corrected chi connectivity index (χ2v) is 8.21. The first-order chi connectivity index (χ1) is 15.2. The summed E-state index contributed by atoms with van der Waals surface area (Å²) in [5, 5.41) is 23.6. The molecule has 9 nitrogen and oxygen atoms in total. The van der Waals surface area contributed by atoms with E-state index < -0.39 is 29.9 Å². The Hall–Kier alpha value is -2.59. The van der Waals surface area contributed by atoms with Gasteiger partial charge in [0.25, 0.3) is 0 Å². The summed E-state index contributed by atoms with van der Waals surface area (Å²) in [5.41, 5.74) is 12.1. The van der Waals surface area contributed by atoms with E-state index >= 15 is 0 Å². The molecule has 0 aromatic heterocycles. The number of nitrogens with zero attached hydrogens (tertiary/aromatic N) is 2. The van der Waals surface area contributed by atoms with Gasteiger partial charge in [0, 0.05) is 11.3 Å². The van der Waals surface area contributed by atoms with Gasteiger partial charge < -0.3 is 36.1 Å². The number of aliphatic imine (C=N–C) groups is 1. The maximum Gasteiger partial charge on any atom is 1.00 e. The molecule has 10 heteroatoms. The second kappa shape index (κ2) is 9.72. The first-order valence-corrected chi connectivity index (χ1v) is 10.4. The normalized spacial score (nSPS) is 22.3. The third-order valence-electron chi connectivity index (χ3n) is 6.30. The summed E-state index contributed by atoms with van der Waals surface area (Å²) in [5.74, 6) is -2.17. The van der Waals surface area contributed by atoms with E-state index in [1.807, 2.05) is 37.3 Å². The second-order valence-electron chi connectivity index (χ2n) is 8.21. The standard InChI is InChI=1S/C23H26N4O5.Na/c1-11-16(20(22(30)31)27-19(11)18(12(2)28)21(27)29)10-32-17-8-4-6-14-13(9-26-23(24)25)5-3-7-15(14)17;/h3-8,11-12,18-19,28H,9-10H2,1-2H3,(H,30,31)(H4,24,25,26);/q;+1/p-1/t11-,12+,18+,19+;/m0./s1. The van der Waals surface area contributed by atoms with Crippen molar-refractivity contribution in [3.05, 3.63) is 53.2 Å². The summed E-state index contributed by atoms with van der Waals surface area (Å²) in [6.07, 6.45) is -0.865. The zero-order valence-corrected chi connectivity index (χ0v) is 20.8. The molecule has 2 aromatic carbocycles. The van der Waals surface area contributed by atoms with Crippen LogP contribution in [-0.2, 0) is 16.1 Å². The number of benzene rings is 2. The number of carbonyl (C=O) groups is 2. The predicted molar refractivity (Wildman–Crippen MR) is 116 cm³/mol. The molecule has 0 unspecified atom stereocenters. The molecule has 0 spiro atoms. The fourth-order valence-electron chi connectivity index (χ4n) is 4.77. The van der Waals surface area contributed by atoms with E-state index in [0.29, 0.717) is 17.9 Å². The molecule has 0 aliphatic carbocycles. The van der Waals surface area contributed by atoms with Crippen LogP contribution in [0.2, 0.25) is 0 Å². The number of hydrogen-bond donors (Lipinski definition) is 3. The average molecular weight is 460 g/mol. The number of aliphatic carboxylic acids is 1. The summed E-state index contributed by atoms with van der Waals surface area (Å²) >= 11 is 0. The number of hydrogen-bond acceptors (Lipinski definition) is 6. The minimum Gasteiger partial charge on any atom is -0.543 e. The number of nitrogens with two attached hydrogens (primary N) is 2. The average Bonchev–Trinajstić information content (AvgIpc) is 2.98. The Balaban J connectivity index is 0.00000306. The van der Waals surface area contributed by atoms with Crippen molar-refractivity contribution in [2.45, 2.75) is 32.5 Å². The van der Waals surface area contributed by atoms with Crippen molar-refractivity contribution in [1.29, 1.82) is 0 Å². The van der Waals surface area contributed by atoms with Crippen molar-refractivity contribution < 1.29 is 54.1 Å². The van der Waals surface area contributed by atoms with Gasteiger partial charge in [-0.1, -0.05) is 37.3 Å². The Morgan fingerprint density at radius 2 is 1.91 bits per heavy atom. The number of guanidine groups is 1. The fourth-order valence-corrected chi connectivity index (χ4v) is 4.77. The smallest absolute Gasteiger partial charge is 0.543 e. The summed E-state index contributed by atoms with van der Waals surface area (Å²) in [6.45, 7) is 3.68. The molecule has 5 N–H and O–H groups in total. The van der Waals surface area contributed by atoms with E-state index in [4.69, 9.17) is 16.2 Å². The molecule has 1 amide bonds.